The van der Waals surface area contributed by atoms with Gasteiger partial charge in [-0.25, -0.2) is 0 Å². The van der Waals surface area contributed by atoms with E-state index in [4.69, 9.17) is 4.74 Å². The van der Waals surface area contributed by atoms with Crippen molar-refractivity contribution >= 4 is 15.9 Å². The van der Waals surface area contributed by atoms with Crippen LogP contribution in [0.15, 0.2) is 24.3 Å². The van der Waals surface area contributed by atoms with Crippen LogP contribution >= 0.6 is 15.9 Å². The van der Waals surface area contributed by atoms with Gasteiger partial charge in [0.2, 0.25) is 0 Å². The molecule has 0 aliphatic rings. The van der Waals surface area contributed by atoms with Crippen molar-refractivity contribution in [2.24, 2.45) is 0 Å². The summed E-state index contributed by atoms with van der Waals surface area (Å²) in [5, 5.41) is 0. The molecule has 0 fully saturated rings. The van der Waals surface area contributed by atoms with Gasteiger partial charge in [0.15, 0.2) is 0 Å². The first kappa shape index (κ1) is 11.5. The highest BCUT2D eigenvalue weighted by atomic mass is 79.9. The van der Waals surface area contributed by atoms with E-state index in [1.165, 1.54) is 5.56 Å². The fourth-order valence-electron chi connectivity index (χ4n) is 1.21. The number of hydrogen-bond acceptors (Lipinski definition) is 2. The van der Waals surface area contributed by atoms with Crippen LogP contribution in [-0.2, 0) is 6.42 Å². The van der Waals surface area contributed by atoms with Gasteiger partial charge in [-0.05, 0) is 31.2 Å². The lowest BCUT2D eigenvalue weighted by molar-refractivity contribution is 0.398. The zero-order valence-electron chi connectivity index (χ0n) is 8.66. The van der Waals surface area contributed by atoms with E-state index in [0.717, 1.165) is 24.2 Å². The number of alkyl halides is 1. The van der Waals surface area contributed by atoms with Crippen molar-refractivity contribution in [3.05, 3.63) is 29.8 Å². The molecule has 0 bridgehead atoms. The highest BCUT2D eigenvalue weighted by Gasteiger charge is 1.98. The number of nitrogens with zero attached hydrogens (tertiary/aromatic N) is 1. The zero-order valence-corrected chi connectivity index (χ0v) is 10.3. The molecule has 0 atom stereocenters. The molecule has 78 valence electrons. The van der Waals surface area contributed by atoms with Gasteiger partial charge in [-0.1, -0.05) is 28.1 Å². The Kier molecular flexibility index (Phi) is 4.98. The highest BCUT2D eigenvalue weighted by molar-refractivity contribution is 9.09. The Balaban J connectivity index is 2.50. The quantitative estimate of drug-likeness (QED) is 0.594. The van der Waals surface area contributed by atoms with E-state index in [1.807, 2.05) is 12.1 Å². The summed E-state index contributed by atoms with van der Waals surface area (Å²) in [5.74, 6) is 0.934. The summed E-state index contributed by atoms with van der Waals surface area (Å²) >= 11 is 3.42. The second kappa shape index (κ2) is 6.04. The minimum absolute atomic E-state index is 0.914. The standard InChI is InChI=1S/C11H16BrNO/c1-13(9-12)7-6-10-4-3-5-11(8-10)14-2/h3-5,8H,6-7,9H2,1-2H3. The summed E-state index contributed by atoms with van der Waals surface area (Å²) in [6, 6.07) is 8.21. The second-order valence-corrected chi connectivity index (χ2v) is 3.80. The highest BCUT2D eigenvalue weighted by Crippen LogP contribution is 2.13. The summed E-state index contributed by atoms with van der Waals surface area (Å²) in [6.07, 6.45) is 1.05. The monoisotopic (exact) mass is 257 g/mol. The van der Waals surface area contributed by atoms with Gasteiger partial charge in [-0.3, -0.25) is 4.90 Å². The van der Waals surface area contributed by atoms with E-state index >= 15 is 0 Å². The molecule has 0 heterocycles. The van der Waals surface area contributed by atoms with Gasteiger partial charge >= 0.3 is 0 Å². The summed E-state index contributed by atoms with van der Waals surface area (Å²) in [6.45, 7) is 1.05. The third kappa shape index (κ3) is 3.68. The summed E-state index contributed by atoms with van der Waals surface area (Å²) in [4.78, 5) is 2.22. The minimum Gasteiger partial charge on any atom is -0.497 e. The molecule has 0 amide bonds. The number of likely N-dealkylation sites (N-methyl/N-ethyl adjacent to an activating group) is 1. The van der Waals surface area contributed by atoms with Crippen LogP contribution in [0, 0.1) is 0 Å². The van der Waals surface area contributed by atoms with Crippen molar-refractivity contribution in [1.82, 2.24) is 4.90 Å². The normalized spacial score (nSPS) is 10.6. The van der Waals surface area contributed by atoms with Gasteiger partial charge < -0.3 is 4.74 Å². The van der Waals surface area contributed by atoms with E-state index in [9.17, 15) is 0 Å². The maximum Gasteiger partial charge on any atom is 0.119 e. The molecule has 0 aliphatic heterocycles. The summed E-state index contributed by atoms with van der Waals surface area (Å²) in [5.41, 5.74) is 2.23. The van der Waals surface area contributed by atoms with Crippen LogP contribution in [0.4, 0.5) is 0 Å². The number of benzene rings is 1. The SMILES string of the molecule is COc1cccc(CCN(C)CBr)c1. The Bertz CT molecular complexity index is 278. The van der Waals surface area contributed by atoms with E-state index in [1.54, 1.807) is 7.11 Å². The van der Waals surface area contributed by atoms with E-state index < -0.39 is 0 Å². The Labute approximate surface area is 94.0 Å². The molecular formula is C11H16BrNO. The molecule has 0 saturated carbocycles. The lowest BCUT2D eigenvalue weighted by Gasteiger charge is -2.12. The van der Waals surface area contributed by atoms with Gasteiger partial charge in [0, 0.05) is 6.54 Å². The minimum atomic E-state index is 0.914. The molecule has 0 N–H and O–H groups in total. The Hall–Kier alpha value is -0.540. The second-order valence-electron chi connectivity index (χ2n) is 3.30. The van der Waals surface area contributed by atoms with E-state index in [0.29, 0.717) is 0 Å². The number of halogens is 1. The van der Waals surface area contributed by atoms with Gasteiger partial charge in [0.1, 0.15) is 5.75 Å². The third-order valence-corrected chi connectivity index (χ3v) is 2.98. The van der Waals surface area contributed by atoms with Gasteiger partial charge in [0.25, 0.3) is 0 Å². The van der Waals surface area contributed by atoms with Crippen molar-refractivity contribution < 1.29 is 4.74 Å². The Morgan fingerprint density at radius 1 is 1.43 bits per heavy atom. The van der Waals surface area contributed by atoms with Crippen molar-refractivity contribution in [2.45, 2.75) is 6.42 Å². The average molecular weight is 258 g/mol. The number of rotatable bonds is 5. The number of methoxy groups -OCH3 is 1. The summed E-state index contributed by atoms with van der Waals surface area (Å²) < 4.78 is 5.17. The van der Waals surface area contributed by atoms with Crippen LogP contribution < -0.4 is 4.74 Å². The van der Waals surface area contributed by atoms with Crippen LogP contribution in [0.25, 0.3) is 0 Å². The number of ether oxygens (including phenoxy) is 1. The molecule has 2 nitrogen and oxygen atoms in total. The first-order valence-corrected chi connectivity index (χ1v) is 5.76. The fourth-order valence-corrected chi connectivity index (χ4v) is 1.46. The maximum absolute atomic E-state index is 5.17. The zero-order chi connectivity index (χ0) is 10.4. The molecule has 0 unspecified atom stereocenters. The average Bonchev–Trinajstić information content (AvgIpc) is 2.26. The van der Waals surface area contributed by atoms with Crippen molar-refractivity contribution in [1.29, 1.82) is 0 Å². The fraction of sp³-hybridized carbons (Fsp3) is 0.455. The van der Waals surface area contributed by atoms with Crippen LogP contribution in [0.1, 0.15) is 5.56 Å². The molecule has 1 aromatic carbocycles. The molecule has 14 heavy (non-hydrogen) atoms. The molecule has 0 saturated heterocycles. The Morgan fingerprint density at radius 3 is 2.86 bits per heavy atom. The van der Waals surface area contributed by atoms with Crippen LogP contribution in [-0.4, -0.2) is 31.1 Å². The largest absolute Gasteiger partial charge is 0.497 e. The van der Waals surface area contributed by atoms with Gasteiger partial charge in [-0.2, -0.15) is 0 Å². The topological polar surface area (TPSA) is 12.5 Å². The molecule has 1 rings (SSSR count). The van der Waals surface area contributed by atoms with E-state index in [-0.39, 0.29) is 0 Å². The molecule has 3 heteroatoms. The van der Waals surface area contributed by atoms with Crippen LogP contribution in [0.3, 0.4) is 0 Å². The van der Waals surface area contributed by atoms with Gasteiger partial charge in [0.05, 0.1) is 12.6 Å². The molecule has 0 spiro atoms. The molecule has 0 aliphatic carbocycles. The molecule has 0 radical (unpaired) electrons. The van der Waals surface area contributed by atoms with E-state index in [2.05, 4.69) is 40.0 Å². The molecule has 1 aromatic rings. The predicted molar refractivity (Wildman–Crippen MR) is 63.1 cm³/mol. The first-order valence-electron chi connectivity index (χ1n) is 4.63. The van der Waals surface area contributed by atoms with Crippen LogP contribution in [0.2, 0.25) is 0 Å². The van der Waals surface area contributed by atoms with Crippen LogP contribution in [0.5, 0.6) is 5.75 Å². The summed E-state index contributed by atoms with van der Waals surface area (Å²) in [7, 11) is 3.79. The maximum atomic E-state index is 5.17. The smallest absolute Gasteiger partial charge is 0.119 e. The first-order chi connectivity index (χ1) is 6.76. The third-order valence-electron chi connectivity index (χ3n) is 2.12. The lowest BCUT2D eigenvalue weighted by Crippen LogP contribution is -2.18. The van der Waals surface area contributed by atoms with Crippen molar-refractivity contribution in [3.63, 3.8) is 0 Å². The lowest BCUT2D eigenvalue weighted by atomic mass is 10.1. The van der Waals surface area contributed by atoms with Crippen molar-refractivity contribution in [2.75, 3.05) is 26.2 Å². The molecule has 0 aromatic heterocycles. The predicted octanol–water partition coefficient (Wildman–Crippen LogP) is 2.52. The molecular weight excluding hydrogens is 242 g/mol. The van der Waals surface area contributed by atoms with Crippen molar-refractivity contribution in [3.8, 4) is 5.75 Å². The number of hydrogen-bond donors (Lipinski definition) is 0. The van der Waals surface area contributed by atoms with Gasteiger partial charge in [-0.15, -0.1) is 0 Å². The Morgan fingerprint density at radius 2 is 2.21 bits per heavy atom.